The molecular weight excluding hydrogens is 532 g/mol. The quantitative estimate of drug-likeness (QED) is 0.238. The third-order valence-corrected chi connectivity index (χ3v) is 6.31. The number of aromatic nitrogens is 1. The van der Waals surface area contributed by atoms with Crippen LogP contribution in [0.5, 0.6) is 0 Å². The van der Waals surface area contributed by atoms with Gasteiger partial charge in [0.05, 0.1) is 0 Å². The van der Waals surface area contributed by atoms with E-state index < -0.39 is 18.0 Å². The van der Waals surface area contributed by atoms with E-state index in [1.54, 1.807) is 66.7 Å². The minimum absolute atomic E-state index is 0.424. The molecule has 0 spiro atoms. The molecular formula is C26H20BrClN4O3. The zero-order chi connectivity index (χ0) is 24.9. The average Bonchev–Trinajstić information content (AvgIpc) is 2.85. The van der Waals surface area contributed by atoms with Crippen molar-refractivity contribution in [2.24, 2.45) is 5.73 Å². The molecule has 0 saturated carbocycles. The Morgan fingerprint density at radius 2 is 1.51 bits per heavy atom. The molecule has 4 rings (SSSR count). The van der Waals surface area contributed by atoms with Crippen molar-refractivity contribution < 1.29 is 14.3 Å². The second-order valence-electron chi connectivity index (χ2n) is 7.62. The molecule has 0 aliphatic heterocycles. The van der Waals surface area contributed by atoms with Crippen molar-refractivity contribution in [2.75, 3.05) is 10.2 Å². The number of pyridine rings is 1. The number of nitrogens with two attached hydrogens (primary N) is 1. The van der Waals surface area contributed by atoms with E-state index in [1.807, 2.05) is 18.2 Å². The highest BCUT2D eigenvalue weighted by Gasteiger charge is 2.33. The van der Waals surface area contributed by atoms with Crippen LogP contribution in [-0.4, -0.2) is 11.9 Å². The Morgan fingerprint density at radius 3 is 2.11 bits per heavy atom. The predicted molar refractivity (Wildman–Crippen MR) is 140 cm³/mol. The number of benzene rings is 3. The Labute approximate surface area is 215 Å². The summed E-state index contributed by atoms with van der Waals surface area (Å²) < 4.78 is 1.36. The molecule has 0 bridgehead atoms. The van der Waals surface area contributed by atoms with E-state index in [9.17, 15) is 14.8 Å². The van der Waals surface area contributed by atoms with Gasteiger partial charge in [-0.15, -0.1) is 0 Å². The number of carbonyl (C=O) groups is 2. The standard InChI is InChI=1S/C26H20BrClN4O3/c27-23-4-2-1-3-22(23)24(32(26(29)34)21-11-7-19(28)8-12-21)25(33)30-20-9-5-17(6-10-20)18-13-15-31(35)16-14-18/h1-16,24H,(H2,29,34)(H,30,33). The van der Waals surface area contributed by atoms with Crippen molar-refractivity contribution in [3.8, 4) is 11.1 Å². The van der Waals surface area contributed by atoms with Crippen molar-refractivity contribution in [1.82, 2.24) is 0 Å². The molecule has 3 N–H and O–H groups in total. The van der Waals surface area contributed by atoms with Gasteiger partial charge in [0, 0.05) is 33.0 Å². The van der Waals surface area contributed by atoms with Gasteiger partial charge in [0.2, 0.25) is 0 Å². The second-order valence-corrected chi connectivity index (χ2v) is 8.91. The van der Waals surface area contributed by atoms with E-state index in [2.05, 4.69) is 21.2 Å². The lowest BCUT2D eigenvalue weighted by atomic mass is 10.0. The molecule has 7 nitrogen and oxygen atoms in total. The highest BCUT2D eigenvalue weighted by atomic mass is 79.9. The molecule has 0 saturated heterocycles. The average molecular weight is 552 g/mol. The number of halogens is 2. The van der Waals surface area contributed by atoms with Crippen LogP contribution in [0.2, 0.25) is 5.02 Å². The van der Waals surface area contributed by atoms with Gasteiger partial charge in [-0.1, -0.05) is 57.9 Å². The number of primary amides is 1. The van der Waals surface area contributed by atoms with Gasteiger partial charge in [0.1, 0.15) is 6.04 Å². The normalized spacial score (nSPS) is 11.5. The first-order chi connectivity index (χ1) is 16.8. The molecule has 3 aromatic carbocycles. The lowest BCUT2D eigenvalue weighted by molar-refractivity contribution is -0.605. The van der Waals surface area contributed by atoms with E-state index in [4.69, 9.17) is 17.3 Å². The summed E-state index contributed by atoms with van der Waals surface area (Å²) in [6, 6.07) is 22.4. The summed E-state index contributed by atoms with van der Waals surface area (Å²) in [4.78, 5) is 27.4. The molecule has 1 atom stereocenters. The molecule has 0 radical (unpaired) electrons. The number of anilines is 2. The van der Waals surface area contributed by atoms with Crippen LogP contribution in [0.4, 0.5) is 16.2 Å². The largest absolute Gasteiger partial charge is 0.619 e. The van der Waals surface area contributed by atoms with Crippen LogP contribution in [0.1, 0.15) is 11.6 Å². The molecule has 176 valence electrons. The highest BCUT2D eigenvalue weighted by molar-refractivity contribution is 9.10. The van der Waals surface area contributed by atoms with Gasteiger partial charge in [-0.25, -0.2) is 4.79 Å². The molecule has 0 fully saturated rings. The Hall–Kier alpha value is -3.88. The first-order valence-corrected chi connectivity index (χ1v) is 11.7. The van der Waals surface area contributed by atoms with E-state index in [1.165, 1.54) is 17.3 Å². The fourth-order valence-electron chi connectivity index (χ4n) is 3.66. The number of hydrogen-bond acceptors (Lipinski definition) is 3. The number of carbonyl (C=O) groups excluding carboxylic acids is 2. The van der Waals surface area contributed by atoms with E-state index in [0.717, 1.165) is 11.1 Å². The van der Waals surface area contributed by atoms with Crippen LogP contribution in [0, 0.1) is 5.21 Å². The molecule has 0 aliphatic carbocycles. The third kappa shape index (κ3) is 5.62. The molecule has 1 aromatic heterocycles. The van der Waals surface area contributed by atoms with Crippen molar-refractivity contribution >= 4 is 50.8 Å². The number of hydrogen-bond donors (Lipinski definition) is 2. The predicted octanol–water partition coefficient (Wildman–Crippen LogP) is 5.67. The monoisotopic (exact) mass is 550 g/mol. The smallest absolute Gasteiger partial charge is 0.320 e. The van der Waals surface area contributed by atoms with Crippen LogP contribution >= 0.6 is 27.5 Å². The zero-order valence-corrected chi connectivity index (χ0v) is 20.6. The first kappa shape index (κ1) is 24.3. The summed E-state index contributed by atoms with van der Waals surface area (Å²) in [5.74, 6) is -0.453. The van der Waals surface area contributed by atoms with Crippen LogP contribution < -0.4 is 20.7 Å². The Morgan fingerprint density at radius 1 is 0.914 bits per heavy atom. The van der Waals surface area contributed by atoms with Crippen LogP contribution in [0.25, 0.3) is 11.1 Å². The molecule has 3 amide bonds. The molecule has 1 unspecified atom stereocenters. The molecule has 4 aromatic rings. The van der Waals surface area contributed by atoms with E-state index >= 15 is 0 Å². The van der Waals surface area contributed by atoms with E-state index in [-0.39, 0.29) is 0 Å². The SMILES string of the molecule is NC(=O)N(c1ccc(Cl)cc1)C(C(=O)Nc1ccc(-c2cc[n+]([O-])cc2)cc1)c1ccccc1Br. The van der Waals surface area contributed by atoms with Crippen molar-refractivity contribution in [3.05, 3.63) is 118 Å². The maximum absolute atomic E-state index is 13.6. The number of nitrogens with one attached hydrogen (secondary N) is 1. The zero-order valence-electron chi connectivity index (χ0n) is 18.3. The maximum atomic E-state index is 13.6. The van der Waals surface area contributed by atoms with Gasteiger partial charge >= 0.3 is 6.03 Å². The van der Waals surface area contributed by atoms with Gasteiger partial charge in [-0.05, 0) is 59.2 Å². The lowest BCUT2D eigenvalue weighted by Crippen LogP contribution is -2.44. The van der Waals surface area contributed by atoms with Gasteiger partial charge < -0.3 is 16.3 Å². The summed E-state index contributed by atoms with van der Waals surface area (Å²) in [6.07, 6.45) is 2.84. The maximum Gasteiger partial charge on any atom is 0.320 e. The fraction of sp³-hybridized carbons (Fsp3) is 0.0385. The minimum Gasteiger partial charge on any atom is -0.619 e. The van der Waals surface area contributed by atoms with Gasteiger partial charge in [0.25, 0.3) is 5.91 Å². The first-order valence-electron chi connectivity index (χ1n) is 10.5. The Kier molecular flexibility index (Phi) is 7.33. The van der Waals surface area contributed by atoms with E-state index in [0.29, 0.717) is 31.2 Å². The Balaban J connectivity index is 1.67. The summed E-state index contributed by atoms with van der Waals surface area (Å²) in [5, 5.41) is 14.6. The van der Waals surface area contributed by atoms with Crippen LogP contribution in [0.3, 0.4) is 0 Å². The number of amides is 3. The number of rotatable bonds is 6. The van der Waals surface area contributed by atoms with Crippen LogP contribution in [0.15, 0.2) is 102 Å². The summed E-state index contributed by atoms with van der Waals surface area (Å²) >= 11 is 9.50. The minimum atomic E-state index is -1.06. The van der Waals surface area contributed by atoms with Crippen molar-refractivity contribution in [2.45, 2.75) is 6.04 Å². The molecule has 0 aliphatic rings. The fourth-order valence-corrected chi connectivity index (χ4v) is 4.29. The topological polar surface area (TPSA) is 102 Å². The van der Waals surface area contributed by atoms with Gasteiger partial charge in [0.15, 0.2) is 12.4 Å². The van der Waals surface area contributed by atoms with Crippen molar-refractivity contribution in [1.29, 1.82) is 0 Å². The Bertz CT molecular complexity index is 1350. The summed E-state index contributed by atoms with van der Waals surface area (Å²) in [7, 11) is 0. The van der Waals surface area contributed by atoms with Gasteiger partial charge in [-0.2, -0.15) is 4.73 Å². The third-order valence-electron chi connectivity index (χ3n) is 5.34. The van der Waals surface area contributed by atoms with Crippen LogP contribution in [-0.2, 0) is 4.79 Å². The lowest BCUT2D eigenvalue weighted by Gasteiger charge is -2.30. The second kappa shape index (κ2) is 10.6. The number of urea groups is 1. The summed E-state index contributed by atoms with van der Waals surface area (Å²) in [5.41, 5.74) is 9.02. The van der Waals surface area contributed by atoms with Gasteiger partial charge in [-0.3, -0.25) is 9.69 Å². The molecule has 9 heteroatoms. The highest BCUT2D eigenvalue weighted by Crippen LogP contribution is 2.33. The summed E-state index contributed by atoms with van der Waals surface area (Å²) in [6.45, 7) is 0. The number of nitrogens with zero attached hydrogens (tertiary/aromatic N) is 2. The molecule has 35 heavy (non-hydrogen) atoms. The molecule has 1 heterocycles. The van der Waals surface area contributed by atoms with Crippen molar-refractivity contribution in [3.63, 3.8) is 0 Å².